The summed E-state index contributed by atoms with van der Waals surface area (Å²) >= 11 is 0. The summed E-state index contributed by atoms with van der Waals surface area (Å²) in [4.78, 5) is 21.2. The molecule has 4 aromatic heterocycles. The number of phenolic OH excluding ortho intramolecular Hbond substituents is 1. The Morgan fingerprint density at radius 3 is 2.74 bits per heavy atom. The number of nitrogens with one attached hydrogen (secondary N) is 2. The standard InChI is InChI=1S/C24H20N6O/c31-18-6-7-20-19(12-18)16(15-28-20)8-11-27-23-13-22(17-4-3-9-25-14-17)29-24(30-23)21-5-1-2-10-26-21/h1-7,9-10,12-15,28,31H,8,11H2,(H,27,29,30). The van der Waals surface area contributed by atoms with Crippen molar-refractivity contribution in [2.75, 3.05) is 11.9 Å². The summed E-state index contributed by atoms with van der Waals surface area (Å²) in [6.45, 7) is 0.674. The Bertz CT molecular complexity index is 1260. The van der Waals surface area contributed by atoms with Crippen molar-refractivity contribution < 1.29 is 5.11 Å². The van der Waals surface area contributed by atoms with Crippen LogP contribution in [0, 0.1) is 0 Å². The average molecular weight is 408 g/mol. The van der Waals surface area contributed by atoms with Gasteiger partial charge in [0, 0.05) is 53.9 Å². The number of aromatic hydroxyl groups is 1. The number of hydrogen-bond acceptors (Lipinski definition) is 6. The van der Waals surface area contributed by atoms with Crippen LogP contribution in [0.2, 0.25) is 0 Å². The topological polar surface area (TPSA) is 99.6 Å². The molecule has 0 unspecified atom stereocenters. The fourth-order valence-electron chi connectivity index (χ4n) is 3.51. The number of aromatic amines is 1. The van der Waals surface area contributed by atoms with Gasteiger partial charge in [-0.1, -0.05) is 6.07 Å². The molecule has 0 radical (unpaired) electrons. The molecule has 3 N–H and O–H groups in total. The summed E-state index contributed by atoms with van der Waals surface area (Å²) in [5, 5.41) is 14.2. The van der Waals surface area contributed by atoms with E-state index in [1.54, 1.807) is 30.7 Å². The number of H-pyrrole nitrogens is 1. The third-order valence-electron chi connectivity index (χ3n) is 5.03. The van der Waals surface area contributed by atoms with Crippen molar-refractivity contribution in [1.82, 2.24) is 24.9 Å². The summed E-state index contributed by atoms with van der Waals surface area (Å²) in [6.07, 6.45) is 8.00. The van der Waals surface area contributed by atoms with Crippen LogP contribution in [0.25, 0.3) is 33.7 Å². The normalized spacial score (nSPS) is 11.0. The molecular formula is C24H20N6O. The molecule has 0 aliphatic rings. The molecule has 7 nitrogen and oxygen atoms in total. The molecule has 0 spiro atoms. The van der Waals surface area contributed by atoms with E-state index in [-0.39, 0.29) is 5.75 Å². The molecule has 31 heavy (non-hydrogen) atoms. The van der Waals surface area contributed by atoms with Gasteiger partial charge in [0.1, 0.15) is 17.3 Å². The summed E-state index contributed by atoms with van der Waals surface area (Å²) in [5.74, 6) is 1.54. The summed E-state index contributed by atoms with van der Waals surface area (Å²) in [5.41, 5.74) is 4.54. The van der Waals surface area contributed by atoms with Crippen LogP contribution in [0.1, 0.15) is 5.56 Å². The molecule has 0 saturated heterocycles. The van der Waals surface area contributed by atoms with Gasteiger partial charge in [-0.25, -0.2) is 9.97 Å². The Labute approximate surface area is 178 Å². The van der Waals surface area contributed by atoms with Gasteiger partial charge >= 0.3 is 0 Å². The Kier molecular flexibility index (Phi) is 4.98. The van der Waals surface area contributed by atoms with Crippen LogP contribution in [-0.2, 0) is 6.42 Å². The minimum absolute atomic E-state index is 0.262. The minimum Gasteiger partial charge on any atom is -0.508 e. The van der Waals surface area contributed by atoms with Crippen LogP contribution in [0.15, 0.2) is 79.4 Å². The van der Waals surface area contributed by atoms with Crippen molar-refractivity contribution in [3.63, 3.8) is 0 Å². The van der Waals surface area contributed by atoms with Gasteiger partial charge in [-0.3, -0.25) is 9.97 Å². The lowest BCUT2D eigenvalue weighted by molar-refractivity contribution is 0.476. The van der Waals surface area contributed by atoms with Gasteiger partial charge in [-0.2, -0.15) is 0 Å². The number of phenols is 1. The molecule has 0 atom stereocenters. The fraction of sp³-hybridized carbons (Fsp3) is 0.0833. The number of aromatic nitrogens is 5. The maximum Gasteiger partial charge on any atom is 0.180 e. The van der Waals surface area contributed by atoms with E-state index in [1.165, 1.54) is 0 Å². The van der Waals surface area contributed by atoms with Crippen LogP contribution in [0.5, 0.6) is 5.75 Å². The highest BCUT2D eigenvalue weighted by Crippen LogP contribution is 2.25. The van der Waals surface area contributed by atoms with Crippen molar-refractivity contribution in [2.45, 2.75) is 6.42 Å². The third kappa shape index (κ3) is 4.06. The number of fused-ring (bicyclic) bond motifs is 1. The molecule has 7 heteroatoms. The van der Waals surface area contributed by atoms with Crippen molar-refractivity contribution >= 4 is 16.7 Å². The van der Waals surface area contributed by atoms with E-state index in [9.17, 15) is 5.11 Å². The van der Waals surface area contributed by atoms with Crippen molar-refractivity contribution in [3.05, 3.63) is 84.9 Å². The first-order valence-corrected chi connectivity index (χ1v) is 10.00. The first-order chi connectivity index (χ1) is 15.3. The Morgan fingerprint density at radius 1 is 0.935 bits per heavy atom. The number of hydrogen-bond donors (Lipinski definition) is 3. The van der Waals surface area contributed by atoms with E-state index in [0.717, 1.165) is 40.0 Å². The second-order valence-electron chi connectivity index (χ2n) is 7.14. The molecule has 5 aromatic rings. The van der Waals surface area contributed by atoms with Crippen LogP contribution in [0.3, 0.4) is 0 Å². The van der Waals surface area contributed by atoms with Crippen LogP contribution >= 0.6 is 0 Å². The van der Waals surface area contributed by atoms with Crippen molar-refractivity contribution in [3.8, 4) is 28.5 Å². The molecule has 0 aliphatic heterocycles. The maximum atomic E-state index is 9.80. The van der Waals surface area contributed by atoms with E-state index in [4.69, 9.17) is 4.98 Å². The zero-order valence-corrected chi connectivity index (χ0v) is 16.7. The molecule has 152 valence electrons. The lowest BCUT2D eigenvalue weighted by Gasteiger charge is -2.10. The van der Waals surface area contributed by atoms with Gasteiger partial charge in [-0.15, -0.1) is 0 Å². The van der Waals surface area contributed by atoms with Gasteiger partial charge in [-0.05, 0) is 54.4 Å². The molecule has 1 aromatic carbocycles. The molecule has 0 fully saturated rings. The fourth-order valence-corrected chi connectivity index (χ4v) is 3.51. The van der Waals surface area contributed by atoms with E-state index < -0.39 is 0 Å². The van der Waals surface area contributed by atoms with E-state index in [1.807, 2.05) is 48.7 Å². The van der Waals surface area contributed by atoms with Crippen LogP contribution < -0.4 is 5.32 Å². The second-order valence-corrected chi connectivity index (χ2v) is 7.14. The SMILES string of the molecule is Oc1ccc2[nH]cc(CCNc3cc(-c4cccnc4)nc(-c4ccccn4)n3)c2c1. The van der Waals surface area contributed by atoms with Gasteiger partial charge < -0.3 is 15.4 Å². The Morgan fingerprint density at radius 2 is 1.90 bits per heavy atom. The van der Waals surface area contributed by atoms with Gasteiger partial charge in [0.2, 0.25) is 0 Å². The highest BCUT2D eigenvalue weighted by molar-refractivity contribution is 5.84. The molecule has 0 amide bonds. The predicted octanol–water partition coefficient (Wildman–Crippen LogP) is 4.44. The second kappa shape index (κ2) is 8.23. The lowest BCUT2D eigenvalue weighted by atomic mass is 10.1. The number of anilines is 1. The van der Waals surface area contributed by atoms with E-state index >= 15 is 0 Å². The predicted molar refractivity (Wildman–Crippen MR) is 121 cm³/mol. The summed E-state index contributed by atoms with van der Waals surface area (Å²) in [6, 6.07) is 16.8. The minimum atomic E-state index is 0.262. The van der Waals surface area contributed by atoms with Gasteiger partial charge in [0.05, 0.1) is 5.69 Å². The number of rotatable bonds is 6. The number of benzene rings is 1. The Balaban J connectivity index is 1.42. The number of nitrogens with zero attached hydrogens (tertiary/aromatic N) is 4. The quantitative estimate of drug-likeness (QED) is 0.384. The average Bonchev–Trinajstić information content (AvgIpc) is 3.22. The molecule has 0 bridgehead atoms. The molecule has 5 rings (SSSR count). The smallest absolute Gasteiger partial charge is 0.180 e. The molecular weight excluding hydrogens is 388 g/mol. The van der Waals surface area contributed by atoms with E-state index in [0.29, 0.717) is 18.1 Å². The van der Waals surface area contributed by atoms with E-state index in [2.05, 4.69) is 25.3 Å². The highest BCUT2D eigenvalue weighted by Gasteiger charge is 2.10. The number of pyridine rings is 2. The summed E-state index contributed by atoms with van der Waals surface area (Å²) in [7, 11) is 0. The van der Waals surface area contributed by atoms with Crippen LogP contribution in [-0.4, -0.2) is 36.6 Å². The zero-order valence-electron chi connectivity index (χ0n) is 16.7. The molecule has 0 aliphatic carbocycles. The first-order valence-electron chi connectivity index (χ1n) is 10.00. The maximum absolute atomic E-state index is 9.80. The van der Waals surface area contributed by atoms with Crippen molar-refractivity contribution in [2.24, 2.45) is 0 Å². The zero-order chi connectivity index (χ0) is 21.0. The van der Waals surface area contributed by atoms with Crippen LogP contribution in [0.4, 0.5) is 5.82 Å². The van der Waals surface area contributed by atoms with Crippen molar-refractivity contribution in [1.29, 1.82) is 0 Å². The Hall–Kier alpha value is -4.26. The van der Waals surface area contributed by atoms with Gasteiger partial charge in [0.15, 0.2) is 5.82 Å². The third-order valence-corrected chi connectivity index (χ3v) is 5.03. The largest absolute Gasteiger partial charge is 0.508 e. The molecule has 4 heterocycles. The monoisotopic (exact) mass is 408 g/mol. The molecule has 0 saturated carbocycles. The van der Waals surface area contributed by atoms with Gasteiger partial charge in [0.25, 0.3) is 0 Å². The first kappa shape index (κ1) is 18.7. The summed E-state index contributed by atoms with van der Waals surface area (Å²) < 4.78 is 0. The highest BCUT2D eigenvalue weighted by atomic mass is 16.3. The lowest BCUT2D eigenvalue weighted by Crippen LogP contribution is -2.08.